The topological polar surface area (TPSA) is 123 Å². The van der Waals surface area contributed by atoms with Gasteiger partial charge < -0.3 is 19.8 Å². The Bertz CT molecular complexity index is 1160. The molecule has 3 aromatic rings. The number of nitrogens with zero attached hydrogens (tertiary/aromatic N) is 2. The molecule has 3 rings (SSSR count). The first kappa shape index (κ1) is 26.6. The number of nitrogens with one attached hydrogen (secondary N) is 2. The number of benzene rings is 2. The van der Waals surface area contributed by atoms with Crippen molar-refractivity contribution in [3.05, 3.63) is 72.1 Å². The quantitative estimate of drug-likeness (QED) is 0.383. The lowest BCUT2D eigenvalue weighted by Crippen LogP contribution is -2.43. The lowest BCUT2D eigenvalue weighted by molar-refractivity contribution is -0.137. The van der Waals surface area contributed by atoms with Gasteiger partial charge in [-0.05, 0) is 31.0 Å². The molecule has 36 heavy (non-hydrogen) atoms. The maximum absolute atomic E-state index is 12.5. The number of amides is 2. The third kappa shape index (κ3) is 7.24. The molecule has 0 aliphatic carbocycles. The zero-order valence-electron chi connectivity index (χ0n) is 21.0. The number of rotatable bonds is 11. The van der Waals surface area contributed by atoms with Crippen molar-refractivity contribution >= 4 is 17.8 Å². The SMILES string of the molecule is CCC(C)(C)[C@@H](Cc1nnc(-c2ccccc2)o1)OC(=O)NCC(=O)C(=O)N[C@H](C)c1ccccc1. The first-order valence-corrected chi connectivity index (χ1v) is 11.9. The first-order valence-electron chi connectivity index (χ1n) is 11.9. The lowest BCUT2D eigenvalue weighted by Gasteiger charge is -2.32. The van der Waals surface area contributed by atoms with Crippen LogP contribution in [0.5, 0.6) is 0 Å². The van der Waals surface area contributed by atoms with E-state index in [-0.39, 0.29) is 12.5 Å². The average Bonchev–Trinajstić information content (AvgIpc) is 3.36. The van der Waals surface area contributed by atoms with Crippen molar-refractivity contribution in [1.82, 2.24) is 20.8 Å². The fraction of sp³-hybridized carbons (Fsp3) is 0.370. The van der Waals surface area contributed by atoms with Crippen molar-refractivity contribution in [2.24, 2.45) is 5.41 Å². The number of ketones is 1. The third-order valence-corrected chi connectivity index (χ3v) is 6.17. The van der Waals surface area contributed by atoms with Gasteiger partial charge in [0.1, 0.15) is 6.10 Å². The molecule has 0 bridgehead atoms. The van der Waals surface area contributed by atoms with E-state index in [0.717, 1.165) is 11.1 Å². The Labute approximate surface area is 210 Å². The summed E-state index contributed by atoms with van der Waals surface area (Å²) in [7, 11) is 0. The molecular formula is C27H32N4O5. The molecule has 0 saturated heterocycles. The van der Waals surface area contributed by atoms with Gasteiger partial charge in [0.2, 0.25) is 17.6 Å². The molecule has 0 saturated carbocycles. The van der Waals surface area contributed by atoms with Crippen LogP contribution in [0.25, 0.3) is 11.5 Å². The summed E-state index contributed by atoms with van der Waals surface area (Å²) in [5, 5.41) is 13.2. The second-order valence-corrected chi connectivity index (χ2v) is 9.19. The van der Waals surface area contributed by atoms with Crippen LogP contribution >= 0.6 is 0 Å². The van der Waals surface area contributed by atoms with Gasteiger partial charge in [-0.2, -0.15) is 0 Å². The summed E-state index contributed by atoms with van der Waals surface area (Å²) in [5.74, 6) is -0.843. The van der Waals surface area contributed by atoms with Gasteiger partial charge in [-0.15, -0.1) is 10.2 Å². The molecular weight excluding hydrogens is 460 g/mol. The number of alkyl carbamates (subject to hydrolysis) is 1. The largest absolute Gasteiger partial charge is 0.445 e. The predicted molar refractivity (Wildman–Crippen MR) is 134 cm³/mol. The molecule has 2 atom stereocenters. The lowest BCUT2D eigenvalue weighted by atomic mass is 9.82. The van der Waals surface area contributed by atoms with Gasteiger partial charge in [0.05, 0.1) is 19.0 Å². The van der Waals surface area contributed by atoms with Crippen LogP contribution in [-0.4, -0.2) is 40.6 Å². The average molecular weight is 493 g/mol. The zero-order chi connectivity index (χ0) is 26.1. The van der Waals surface area contributed by atoms with Crippen LogP contribution in [-0.2, 0) is 20.7 Å². The monoisotopic (exact) mass is 492 g/mol. The summed E-state index contributed by atoms with van der Waals surface area (Å²) in [4.78, 5) is 37.0. The Morgan fingerprint density at radius 1 is 1.00 bits per heavy atom. The summed E-state index contributed by atoms with van der Waals surface area (Å²) in [6.07, 6.45) is -0.490. The van der Waals surface area contributed by atoms with Crippen LogP contribution in [0.1, 0.15) is 51.6 Å². The van der Waals surface area contributed by atoms with Crippen LogP contribution in [0, 0.1) is 5.41 Å². The van der Waals surface area contributed by atoms with Crippen LogP contribution < -0.4 is 10.6 Å². The van der Waals surface area contributed by atoms with E-state index in [2.05, 4.69) is 20.8 Å². The van der Waals surface area contributed by atoms with Gasteiger partial charge in [-0.1, -0.05) is 69.3 Å². The van der Waals surface area contributed by atoms with Crippen molar-refractivity contribution in [2.45, 2.75) is 52.7 Å². The number of aromatic nitrogens is 2. The van der Waals surface area contributed by atoms with Crippen LogP contribution in [0.3, 0.4) is 0 Å². The van der Waals surface area contributed by atoms with Gasteiger partial charge in [-0.25, -0.2) is 4.79 Å². The molecule has 9 nitrogen and oxygen atoms in total. The molecule has 2 N–H and O–H groups in total. The van der Waals surface area contributed by atoms with E-state index in [9.17, 15) is 14.4 Å². The Morgan fingerprint density at radius 3 is 2.28 bits per heavy atom. The minimum Gasteiger partial charge on any atom is -0.445 e. The van der Waals surface area contributed by atoms with Gasteiger partial charge >= 0.3 is 6.09 Å². The zero-order valence-corrected chi connectivity index (χ0v) is 21.0. The minimum atomic E-state index is -0.804. The summed E-state index contributed by atoms with van der Waals surface area (Å²) in [6, 6.07) is 18.3. The molecule has 190 valence electrons. The third-order valence-electron chi connectivity index (χ3n) is 6.17. The second-order valence-electron chi connectivity index (χ2n) is 9.19. The fourth-order valence-corrected chi connectivity index (χ4v) is 3.40. The second kappa shape index (κ2) is 12.1. The van der Waals surface area contributed by atoms with Gasteiger partial charge in [-0.3, -0.25) is 9.59 Å². The molecule has 0 radical (unpaired) electrons. The number of Topliss-reactive ketones (excluding diaryl/α,β-unsaturated/α-hetero) is 1. The van der Waals surface area contributed by atoms with Crippen molar-refractivity contribution in [3.8, 4) is 11.5 Å². The van der Waals surface area contributed by atoms with Gasteiger partial charge in [0.15, 0.2) is 0 Å². The van der Waals surface area contributed by atoms with Crippen LogP contribution in [0.2, 0.25) is 0 Å². The highest BCUT2D eigenvalue weighted by atomic mass is 16.6. The number of carbonyl (C=O) groups is 3. The number of ether oxygens (including phenoxy) is 1. The smallest absolute Gasteiger partial charge is 0.407 e. The summed E-state index contributed by atoms with van der Waals surface area (Å²) in [6.45, 7) is 7.20. The number of hydrogen-bond donors (Lipinski definition) is 2. The highest BCUT2D eigenvalue weighted by Gasteiger charge is 2.33. The molecule has 0 aliphatic rings. The molecule has 1 heterocycles. The normalized spacial score (nSPS) is 12.9. The van der Waals surface area contributed by atoms with E-state index in [1.165, 1.54) is 0 Å². The van der Waals surface area contributed by atoms with Crippen molar-refractivity contribution in [1.29, 1.82) is 0 Å². The Balaban J connectivity index is 1.56. The number of hydrogen-bond acceptors (Lipinski definition) is 7. The highest BCUT2D eigenvalue weighted by molar-refractivity contribution is 6.37. The molecule has 0 fully saturated rings. The van der Waals surface area contributed by atoms with Crippen molar-refractivity contribution in [3.63, 3.8) is 0 Å². The molecule has 0 aliphatic heterocycles. The molecule has 2 aromatic carbocycles. The van der Waals surface area contributed by atoms with E-state index in [1.54, 1.807) is 6.92 Å². The molecule has 9 heteroatoms. The molecule has 1 aromatic heterocycles. The molecule has 0 spiro atoms. The summed E-state index contributed by atoms with van der Waals surface area (Å²) >= 11 is 0. The maximum atomic E-state index is 12.5. The van der Waals surface area contributed by atoms with Gasteiger partial charge in [0, 0.05) is 11.0 Å². The van der Waals surface area contributed by atoms with E-state index >= 15 is 0 Å². The van der Waals surface area contributed by atoms with Crippen molar-refractivity contribution in [2.75, 3.05) is 6.54 Å². The number of carbonyl (C=O) groups excluding carboxylic acids is 3. The molecule has 0 unspecified atom stereocenters. The van der Waals surface area contributed by atoms with Crippen molar-refractivity contribution < 1.29 is 23.5 Å². The van der Waals surface area contributed by atoms with E-state index < -0.39 is 35.8 Å². The van der Waals surface area contributed by atoms with E-state index in [1.807, 2.05) is 81.4 Å². The standard InChI is InChI=1S/C27H32N4O5/c1-5-27(3,4)22(16-23-30-31-25(36-23)20-14-10-7-11-15-20)35-26(34)28-17-21(32)24(33)29-18(2)19-12-8-6-9-13-19/h6-15,18,22H,5,16-17H2,1-4H3,(H,28,34)(H,29,33)/t18-,22-/m1/s1. The molecule has 2 amide bonds. The Kier molecular flexibility index (Phi) is 8.94. The maximum Gasteiger partial charge on any atom is 0.407 e. The Hall–Kier alpha value is -4.01. The first-order chi connectivity index (χ1) is 17.2. The van der Waals surface area contributed by atoms with E-state index in [0.29, 0.717) is 18.2 Å². The predicted octanol–water partition coefficient (Wildman–Crippen LogP) is 4.26. The summed E-state index contributed by atoms with van der Waals surface area (Å²) in [5.41, 5.74) is 1.25. The fourth-order valence-electron chi connectivity index (χ4n) is 3.40. The highest BCUT2D eigenvalue weighted by Crippen LogP contribution is 2.30. The van der Waals surface area contributed by atoms with E-state index in [4.69, 9.17) is 9.15 Å². The minimum absolute atomic E-state index is 0.205. The van der Waals surface area contributed by atoms with Crippen LogP contribution in [0.4, 0.5) is 4.79 Å². The van der Waals surface area contributed by atoms with Gasteiger partial charge in [0.25, 0.3) is 5.91 Å². The Morgan fingerprint density at radius 2 is 1.64 bits per heavy atom. The van der Waals surface area contributed by atoms with Crippen LogP contribution in [0.15, 0.2) is 65.1 Å². The summed E-state index contributed by atoms with van der Waals surface area (Å²) < 4.78 is 11.4.